The van der Waals surface area contributed by atoms with Crippen LogP contribution in [0.2, 0.25) is 5.15 Å². The molecular formula is C18H14ClN3O2. The van der Waals surface area contributed by atoms with Crippen molar-refractivity contribution in [3.05, 3.63) is 74.9 Å². The lowest BCUT2D eigenvalue weighted by molar-refractivity contribution is -0.384. The molecule has 1 aromatic heterocycles. The summed E-state index contributed by atoms with van der Waals surface area (Å²) < 4.78 is 0. The van der Waals surface area contributed by atoms with Crippen LogP contribution in [-0.2, 0) is 13.0 Å². The van der Waals surface area contributed by atoms with Crippen LogP contribution in [0, 0.1) is 10.1 Å². The van der Waals surface area contributed by atoms with Crippen LogP contribution in [0.5, 0.6) is 0 Å². The summed E-state index contributed by atoms with van der Waals surface area (Å²) in [5.41, 5.74) is 2.25. The Balaban J connectivity index is 1.71. The molecule has 0 atom stereocenters. The highest BCUT2D eigenvalue weighted by molar-refractivity contribution is 6.34. The van der Waals surface area contributed by atoms with Crippen LogP contribution in [-0.4, -0.2) is 16.5 Å². The first-order valence-electron chi connectivity index (χ1n) is 7.68. The Kier molecular flexibility index (Phi) is 3.58. The van der Waals surface area contributed by atoms with Crippen LogP contribution < -0.4 is 4.90 Å². The van der Waals surface area contributed by atoms with E-state index in [0.29, 0.717) is 11.7 Å². The number of benzene rings is 2. The van der Waals surface area contributed by atoms with Crippen molar-refractivity contribution in [3.8, 4) is 0 Å². The smallest absolute Gasteiger partial charge is 0.269 e. The summed E-state index contributed by atoms with van der Waals surface area (Å²) in [5, 5.41) is 13.4. The molecule has 2 heterocycles. The molecule has 0 fully saturated rings. The van der Waals surface area contributed by atoms with Gasteiger partial charge in [-0.1, -0.05) is 41.9 Å². The van der Waals surface area contributed by atoms with Crippen molar-refractivity contribution in [1.29, 1.82) is 0 Å². The van der Waals surface area contributed by atoms with Crippen molar-refractivity contribution in [1.82, 2.24) is 4.98 Å². The van der Waals surface area contributed by atoms with E-state index in [2.05, 4.69) is 9.88 Å². The topological polar surface area (TPSA) is 59.3 Å². The van der Waals surface area contributed by atoms with Crippen molar-refractivity contribution < 1.29 is 4.92 Å². The highest BCUT2D eigenvalue weighted by atomic mass is 35.5. The predicted octanol–water partition coefficient (Wildman–Crippen LogP) is 4.36. The van der Waals surface area contributed by atoms with Gasteiger partial charge in [0.2, 0.25) is 0 Å². The van der Waals surface area contributed by atoms with E-state index in [4.69, 9.17) is 11.6 Å². The van der Waals surface area contributed by atoms with E-state index in [0.717, 1.165) is 40.7 Å². The molecule has 0 bridgehead atoms. The fourth-order valence-electron chi connectivity index (χ4n) is 3.16. The maximum absolute atomic E-state index is 11.0. The lowest BCUT2D eigenvalue weighted by atomic mass is 9.99. The Morgan fingerprint density at radius 2 is 1.96 bits per heavy atom. The number of rotatable bonds is 2. The third-order valence-corrected chi connectivity index (χ3v) is 4.71. The average molecular weight is 340 g/mol. The molecular weight excluding hydrogens is 326 g/mol. The van der Waals surface area contributed by atoms with Gasteiger partial charge in [-0.25, -0.2) is 4.98 Å². The molecule has 2 aromatic carbocycles. The van der Waals surface area contributed by atoms with Gasteiger partial charge in [-0.2, -0.15) is 0 Å². The van der Waals surface area contributed by atoms with Crippen LogP contribution in [0.3, 0.4) is 0 Å². The zero-order valence-electron chi connectivity index (χ0n) is 12.8. The van der Waals surface area contributed by atoms with E-state index in [1.54, 1.807) is 12.1 Å². The number of nitrogens with zero attached hydrogens (tertiary/aromatic N) is 3. The SMILES string of the molecule is O=[N+]([O-])c1ccc2c(c1)CN(c1cc3ccccc3c(Cl)n1)CC2. The first-order valence-corrected chi connectivity index (χ1v) is 8.06. The largest absolute Gasteiger partial charge is 0.352 e. The summed E-state index contributed by atoms with van der Waals surface area (Å²) in [6, 6.07) is 15.0. The fraction of sp³-hybridized carbons (Fsp3) is 0.167. The van der Waals surface area contributed by atoms with Gasteiger partial charge >= 0.3 is 0 Å². The molecule has 0 aliphatic carbocycles. The third-order valence-electron chi connectivity index (χ3n) is 4.42. The number of non-ortho nitro benzene ring substituents is 1. The van der Waals surface area contributed by atoms with E-state index in [1.165, 1.54) is 0 Å². The van der Waals surface area contributed by atoms with E-state index >= 15 is 0 Å². The number of hydrogen-bond donors (Lipinski definition) is 0. The first-order chi connectivity index (χ1) is 11.6. The minimum atomic E-state index is -0.357. The molecule has 3 aromatic rings. The maximum atomic E-state index is 11.0. The Hall–Kier alpha value is -2.66. The number of nitro groups is 1. The summed E-state index contributed by atoms with van der Waals surface area (Å²) in [6.45, 7) is 1.41. The molecule has 6 heteroatoms. The molecule has 5 nitrogen and oxygen atoms in total. The van der Waals surface area contributed by atoms with Crippen molar-refractivity contribution >= 4 is 33.9 Å². The second-order valence-corrected chi connectivity index (χ2v) is 6.23. The van der Waals surface area contributed by atoms with Gasteiger partial charge in [0.05, 0.1) is 4.92 Å². The second kappa shape index (κ2) is 5.76. The molecule has 0 spiro atoms. The fourth-order valence-corrected chi connectivity index (χ4v) is 3.42. The van der Waals surface area contributed by atoms with Crippen molar-refractivity contribution in [2.75, 3.05) is 11.4 Å². The Morgan fingerprint density at radius 3 is 2.79 bits per heavy atom. The number of halogens is 1. The average Bonchev–Trinajstić information content (AvgIpc) is 2.60. The van der Waals surface area contributed by atoms with Gasteiger partial charge in [0.1, 0.15) is 11.0 Å². The third kappa shape index (κ3) is 2.57. The molecule has 24 heavy (non-hydrogen) atoms. The molecule has 0 saturated heterocycles. The lowest BCUT2D eigenvalue weighted by Gasteiger charge is -2.30. The number of nitro benzene ring substituents is 1. The summed E-state index contributed by atoms with van der Waals surface area (Å²) in [6.07, 6.45) is 0.833. The number of fused-ring (bicyclic) bond motifs is 2. The molecule has 1 aliphatic rings. The van der Waals surface area contributed by atoms with Gasteiger partial charge in [-0.3, -0.25) is 10.1 Å². The van der Waals surface area contributed by atoms with E-state index in [-0.39, 0.29) is 10.6 Å². The highest BCUT2D eigenvalue weighted by Gasteiger charge is 2.20. The molecule has 0 saturated carbocycles. The van der Waals surface area contributed by atoms with Gasteiger partial charge in [-0.05, 0) is 29.0 Å². The van der Waals surface area contributed by atoms with E-state index < -0.39 is 0 Å². The number of aromatic nitrogens is 1. The molecule has 1 aliphatic heterocycles. The van der Waals surface area contributed by atoms with Gasteiger partial charge < -0.3 is 4.90 Å². The Morgan fingerprint density at radius 1 is 1.12 bits per heavy atom. The second-order valence-electron chi connectivity index (χ2n) is 5.87. The number of pyridine rings is 1. The first kappa shape index (κ1) is 14.9. The van der Waals surface area contributed by atoms with Crippen molar-refractivity contribution in [2.45, 2.75) is 13.0 Å². The Labute approximate surface area is 143 Å². The lowest BCUT2D eigenvalue weighted by Crippen LogP contribution is -2.31. The quantitative estimate of drug-likeness (QED) is 0.395. The summed E-state index contributed by atoms with van der Waals surface area (Å²) in [4.78, 5) is 17.3. The van der Waals surface area contributed by atoms with Gasteiger partial charge in [0, 0.05) is 30.6 Å². The molecule has 0 amide bonds. The minimum absolute atomic E-state index is 0.125. The predicted molar refractivity (Wildman–Crippen MR) is 94.6 cm³/mol. The molecule has 120 valence electrons. The molecule has 0 radical (unpaired) electrons. The van der Waals surface area contributed by atoms with Crippen LogP contribution >= 0.6 is 11.6 Å². The van der Waals surface area contributed by atoms with Gasteiger partial charge in [0.15, 0.2) is 0 Å². The van der Waals surface area contributed by atoms with E-state index in [9.17, 15) is 10.1 Å². The normalized spacial score (nSPS) is 13.8. The summed E-state index contributed by atoms with van der Waals surface area (Å²) in [5.74, 6) is 0.802. The number of hydrogen-bond acceptors (Lipinski definition) is 4. The van der Waals surface area contributed by atoms with Crippen LogP contribution in [0.1, 0.15) is 11.1 Å². The van der Waals surface area contributed by atoms with Crippen molar-refractivity contribution in [2.24, 2.45) is 0 Å². The van der Waals surface area contributed by atoms with Crippen molar-refractivity contribution in [3.63, 3.8) is 0 Å². The Bertz CT molecular complexity index is 958. The van der Waals surface area contributed by atoms with E-state index in [1.807, 2.05) is 36.4 Å². The summed E-state index contributed by atoms with van der Waals surface area (Å²) in [7, 11) is 0. The van der Waals surface area contributed by atoms with Crippen LogP contribution in [0.4, 0.5) is 11.5 Å². The van der Waals surface area contributed by atoms with Crippen LogP contribution in [0.25, 0.3) is 10.8 Å². The zero-order chi connectivity index (χ0) is 16.7. The highest BCUT2D eigenvalue weighted by Crippen LogP contribution is 2.30. The summed E-state index contributed by atoms with van der Waals surface area (Å²) >= 11 is 6.32. The number of anilines is 1. The molecule has 0 unspecified atom stereocenters. The zero-order valence-corrected chi connectivity index (χ0v) is 13.5. The molecule has 0 N–H and O–H groups in total. The van der Waals surface area contributed by atoms with Gasteiger partial charge in [0.25, 0.3) is 5.69 Å². The maximum Gasteiger partial charge on any atom is 0.269 e. The standard InChI is InChI=1S/C18H14ClN3O2/c19-18-16-4-2-1-3-13(16)10-17(20-18)21-8-7-12-5-6-15(22(23)24)9-14(12)11-21/h1-6,9-10H,7-8,11H2. The minimum Gasteiger partial charge on any atom is -0.352 e. The molecule has 4 rings (SSSR count). The van der Waals surface area contributed by atoms with Gasteiger partial charge in [-0.15, -0.1) is 0 Å². The monoisotopic (exact) mass is 339 g/mol. The van der Waals surface area contributed by atoms with Crippen LogP contribution in [0.15, 0.2) is 48.5 Å².